The highest BCUT2D eigenvalue weighted by molar-refractivity contribution is 7.59. The highest BCUT2D eigenvalue weighted by atomic mass is 32.1. The highest BCUT2D eigenvalue weighted by Crippen LogP contribution is 2.29. The van der Waals surface area contributed by atoms with Crippen LogP contribution in [0.25, 0.3) is 22.2 Å². The summed E-state index contributed by atoms with van der Waals surface area (Å²) >= 11 is 0. The van der Waals surface area contributed by atoms with E-state index in [2.05, 4.69) is 35.6 Å². The lowest BCUT2D eigenvalue weighted by atomic mass is 9.95. The number of nitrogens with one attached hydrogen (secondary N) is 2. The molecule has 3 heterocycles. The van der Waals surface area contributed by atoms with Crippen molar-refractivity contribution >= 4 is 36.1 Å². The number of carbonyl (C=O) groups excluding carboxylic acids is 1. The van der Waals surface area contributed by atoms with E-state index in [4.69, 9.17) is 2.74 Å². The van der Waals surface area contributed by atoms with Crippen molar-refractivity contribution in [2.24, 2.45) is 0 Å². The summed E-state index contributed by atoms with van der Waals surface area (Å²) in [6.45, 7) is 4.00. The van der Waals surface area contributed by atoms with Crippen LogP contribution in [0.1, 0.15) is 37.3 Å². The van der Waals surface area contributed by atoms with E-state index in [0.29, 0.717) is 29.4 Å². The van der Waals surface area contributed by atoms with Gasteiger partial charge in [0.1, 0.15) is 23.8 Å². The molecule has 0 aliphatic heterocycles. The van der Waals surface area contributed by atoms with Gasteiger partial charge in [0.05, 0.1) is 19.5 Å². The molecule has 0 radical (unpaired) electrons. The topological polar surface area (TPSA) is 106 Å². The molecule has 1 aromatic carbocycles. The lowest BCUT2D eigenvalue weighted by Gasteiger charge is -2.17. The van der Waals surface area contributed by atoms with Crippen molar-refractivity contribution in [3.8, 4) is 11.3 Å². The zero-order chi connectivity index (χ0) is 24.4. The van der Waals surface area contributed by atoms with E-state index in [9.17, 15) is 9.18 Å². The Hall–Kier alpha value is -3.66. The van der Waals surface area contributed by atoms with Gasteiger partial charge < -0.3 is 10.6 Å². The molecule has 0 bridgehead atoms. The average Bonchev–Trinajstić information content (AvgIpc) is 2.81. The van der Waals surface area contributed by atoms with Crippen LogP contribution in [0.5, 0.6) is 0 Å². The van der Waals surface area contributed by atoms with Crippen LogP contribution in [0, 0.1) is 12.7 Å². The van der Waals surface area contributed by atoms with E-state index in [0.717, 1.165) is 5.56 Å². The average molecular weight is 468 g/mol. The molecule has 0 unspecified atom stereocenters. The molecule has 2 N–H and O–H groups in total. The number of hydrogen-bond donors (Lipinski definition) is 2. The SMILES string of the molecule is S.[2H]c1nc(C)nc([2H])c1-c1cc(NC[C@@H](C)c2ccc(F)c3c(C(=O)NC)ccnc23)ncn1. The van der Waals surface area contributed by atoms with Crippen LogP contribution < -0.4 is 10.6 Å². The first kappa shape index (κ1) is 21.2. The van der Waals surface area contributed by atoms with E-state index in [1.807, 2.05) is 6.92 Å². The number of pyridine rings is 1. The summed E-state index contributed by atoms with van der Waals surface area (Å²) in [6.07, 6.45) is 2.68. The third-order valence-corrected chi connectivity index (χ3v) is 5.05. The molecule has 8 nitrogen and oxygen atoms in total. The first-order valence-corrected chi connectivity index (χ1v) is 9.97. The maximum absolute atomic E-state index is 14.6. The third kappa shape index (κ3) is 5.06. The summed E-state index contributed by atoms with van der Waals surface area (Å²) < 4.78 is 30.8. The summed E-state index contributed by atoms with van der Waals surface area (Å²) in [7, 11) is 1.50. The van der Waals surface area contributed by atoms with Crippen molar-refractivity contribution in [3.05, 3.63) is 71.9 Å². The van der Waals surface area contributed by atoms with Gasteiger partial charge in [-0.05, 0) is 24.6 Å². The number of benzene rings is 1. The number of carbonyl (C=O) groups is 1. The van der Waals surface area contributed by atoms with Gasteiger partial charge in [0.15, 0.2) is 0 Å². The van der Waals surface area contributed by atoms with Crippen molar-refractivity contribution < 1.29 is 11.9 Å². The highest BCUT2D eigenvalue weighted by Gasteiger charge is 2.18. The number of hydrogen-bond acceptors (Lipinski definition) is 7. The number of aromatic nitrogens is 5. The monoisotopic (exact) mass is 467 g/mol. The van der Waals surface area contributed by atoms with Gasteiger partial charge >= 0.3 is 0 Å². The molecule has 3 aromatic heterocycles. The molecule has 1 atom stereocenters. The Morgan fingerprint density at radius 2 is 1.91 bits per heavy atom. The van der Waals surface area contributed by atoms with Gasteiger partial charge in [0.25, 0.3) is 5.91 Å². The predicted octanol–water partition coefficient (Wildman–Crippen LogP) is 3.62. The fourth-order valence-electron chi connectivity index (χ4n) is 3.37. The van der Waals surface area contributed by atoms with Crippen LogP contribution >= 0.6 is 13.5 Å². The van der Waals surface area contributed by atoms with E-state index in [1.54, 1.807) is 19.1 Å². The lowest BCUT2D eigenvalue weighted by molar-refractivity contribution is 0.0964. The van der Waals surface area contributed by atoms with Gasteiger partial charge in [0.2, 0.25) is 0 Å². The van der Waals surface area contributed by atoms with Crippen LogP contribution in [0.3, 0.4) is 0 Å². The Bertz CT molecular complexity index is 1380. The van der Waals surface area contributed by atoms with Gasteiger partial charge in [-0.1, -0.05) is 13.0 Å². The van der Waals surface area contributed by atoms with Crippen LogP contribution in [-0.4, -0.2) is 44.4 Å². The van der Waals surface area contributed by atoms with E-state index in [1.165, 1.54) is 31.7 Å². The third-order valence-electron chi connectivity index (χ3n) is 5.05. The smallest absolute Gasteiger partial charge is 0.251 e. The fraction of sp³-hybridized carbons (Fsp3) is 0.217. The Labute approximate surface area is 200 Å². The number of rotatable bonds is 6. The molecular formula is C23H24FN7OS. The van der Waals surface area contributed by atoms with Crippen LogP contribution in [-0.2, 0) is 0 Å². The summed E-state index contributed by atoms with van der Waals surface area (Å²) in [6, 6.07) is 6.13. The van der Waals surface area contributed by atoms with E-state index >= 15 is 0 Å². The second kappa shape index (κ2) is 10.3. The summed E-state index contributed by atoms with van der Waals surface area (Å²) in [4.78, 5) is 33.0. The van der Waals surface area contributed by atoms with Crippen molar-refractivity contribution in [2.45, 2.75) is 19.8 Å². The Balaban J connectivity index is 0.00000342. The zero-order valence-electron chi connectivity index (χ0n) is 20.3. The summed E-state index contributed by atoms with van der Waals surface area (Å²) in [5, 5.41) is 5.93. The molecule has 4 rings (SSSR count). The Morgan fingerprint density at radius 1 is 1.15 bits per heavy atom. The number of aryl methyl sites for hydroxylation is 1. The molecule has 10 heteroatoms. The first-order chi connectivity index (χ1) is 16.3. The quantitative estimate of drug-likeness (QED) is 0.446. The fourth-order valence-corrected chi connectivity index (χ4v) is 3.37. The van der Waals surface area contributed by atoms with Crippen LogP contribution in [0.4, 0.5) is 10.2 Å². The van der Waals surface area contributed by atoms with Crippen molar-refractivity contribution in [1.82, 2.24) is 30.2 Å². The standard InChI is InChI=1S/C23H22FN7O.H2S/c1-13(9-29-20-8-19(30-12-31-20)15-10-27-14(2)28-11-15)16-4-5-18(24)21-17(23(32)25-3)6-7-26-22(16)21;/h4-8,10-13H,9H2,1-3H3,(H,25,32)(H,29,30,31);1H2/t13-;/m1./s1/i10D,11D;. The minimum absolute atomic E-state index is 0. The van der Waals surface area contributed by atoms with Crippen molar-refractivity contribution in [3.63, 3.8) is 0 Å². The number of anilines is 1. The molecule has 0 saturated carbocycles. The molecule has 0 aliphatic carbocycles. The molecule has 1 amide bonds. The summed E-state index contributed by atoms with van der Waals surface area (Å²) in [5.41, 5.74) is 2.01. The number of amides is 1. The first-order valence-electron chi connectivity index (χ1n) is 11.0. The van der Waals surface area contributed by atoms with Gasteiger partial charge in [-0.15, -0.1) is 0 Å². The van der Waals surface area contributed by atoms with Gasteiger partial charge in [-0.3, -0.25) is 9.78 Å². The molecule has 33 heavy (non-hydrogen) atoms. The van der Waals surface area contributed by atoms with Crippen LogP contribution in [0.15, 0.2) is 49.1 Å². The minimum Gasteiger partial charge on any atom is -0.369 e. The second-order valence-corrected chi connectivity index (χ2v) is 7.24. The normalized spacial score (nSPS) is 12.4. The summed E-state index contributed by atoms with van der Waals surface area (Å²) in [5.74, 6) is -0.175. The molecular weight excluding hydrogens is 441 g/mol. The Kier molecular flexibility index (Phi) is 6.62. The maximum atomic E-state index is 14.6. The number of halogens is 1. The molecule has 0 saturated heterocycles. The largest absolute Gasteiger partial charge is 0.369 e. The molecule has 4 aromatic rings. The van der Waals surface area contributed by atoms with Gasteiger partial charge in [-0.2, -0.15) is 13.5 Å². The van der Waals surface area contributed by atoms with E-state index in [-0.39, 0.29) is 54.2 Å². The number of nitrogens with zero attached hydrogens (tertiary/aromatic N) is 5. The van der Waals surface area contributed by atoms with Gasteiger partial charge in [-0.25, -0.2) is 24.3 Å². The predicted molar refractivity (Wildman–Crippen MR) is 130 cm³/mol. The minimum atomic E-state index is -0.510. The maximum Gasteiger partial charge on any atom is 0.251 e. The second-order valence-electron chi connectivity index (χ2n) is 7.24. The number of fused-ring (bicyclic) bond motifs is 1. The molecule has 170 valence electrons. The van der Waals surface area contributed by atoms with Crippen molar-refractivity contribution in [2.75, 3.05) is 18.9 Å². The molecule has 0 fully saturated rings. The van der Waals surface area contributed by atoms with E-state index < -0.39 is 5.82 Å². The Morgan fingerprint density at radius 3 is 2.64 bits per heavy atom. The molecule has 0 aliphatic rings. The van der Waals surface area contributed by atoms with Gasteiger partial charge in [0, 0.05) is 55.1 Å². The van der Waals surface area contributed by atoms with Crippen LogP contribution in [0.2, 0.25) is 0 Å². The van der Waals surface area contributed by atoms with Crippen molar-refractivity contribution in [1.29, 1.82) is 0 Å². The lowest BCUT2D eigenvalue weighted by Crippen LogP contribution is -2.19. The molecule has 0 spiro atoms. The zero-order valence-corrected chi connectivity index (χ0v) is 19.3.